The van der Waals surface area contributed by atoms with Crippen LogP contribution >= 0.6 is 0 Å². The number of benzene rings is 1. The van der Waals surface area contributed by atoms with Crippen molar-refractivity contribution in [3.63, 3.8) is 0 Å². The molecule has 10 nitrogen and oxygen atoms in total. The molecule has 1 aromatic carbocycles. The molecule has 1 aliphatic carbocycles. The summed E-state index contributed by atoms with van der Waals surface area (Å²) in [7, 11) is -3.91. The summed E-state index contributed by atoms with van der Waals surface area (Å²) >= 11 is 0. The maximum atomic E-state index is 13.1. The lowest BCUT2D eigenvalue weighted by Crippen LogP contribution is -2.46. The summed E-state index contributed by atoms with van der Waals surface area (Å²) in [5.41, 5.74) is 0.0273. The number of hydrogen-bond donors (Lipinski definition) is 2. The predicted octanol–water partition coefficient (Wildman–Crippen LogP) is 3.18. The number of aromatic nitrogens is 2. The molecule has 5 rings (SSSR count). The van der Waals surface area contributed by atoms with E-state index < -0.39 is 14.9 Å². The van der Waals surface area contributed by atoms with E-state index in [0.29, 0.717) is 11.8 Å². The Kier molecular flexibility index (Phi) is 5.08. The van der Waals surface area contributed by atoms with E-state index in [9.17, 15) is 23.3 Å². The molecule has 0 unspecified atom stereocenters. The normalized spacial score (nSPS) is 23.0. The van der Waals surface area contributed by atoms with Crippen molar-refractivity contribution in [3.8, 4) is 0 Å². The van der Waals surface area contributed by atoms with Crippen LogP contribution in [0.15, 0.2) is 53.7 Å². The highest BCUT2D eigenvalue weighted by molar-refractivity contribution is 7.90. The molecule has 2 fully saturated rings. The van der Waals surface area contributed by atoms with Crippen LogP contribution in [0, 0.1) is 10.1 Å². The fraction of sp³-hybridized carbons (Fsp3) is 0.364. The van der Waals surface area contributed by atoms with Gasteiger partial charge >= 0.3 is 5.69 Å². The lowest BCUT2D eigenvalue weighted by molar-refractivity contribution is -0.384. The number of carbonyl (C=O) groups is 1. The third kappa shape index (κ3) is 3.71. The van der Waals surface area contributed by atoms with Crippen LogP contribution in [0.5, 0.6) is 0 Å². The number of carbonyl (C=O) groups excluding carboxylic acids is 1. The zero-order valence-corrected chi connectivity index (χ0v) is 18.5. The Bertz CT molecular complexity index is 1340. The number of nitro groups is 1. The van der Waals surface area contributed by atoms with Gasteiger partial charge in [-0.25, -0.2) is 17.4 Å². The SMILES string of the molecule is O=C1CCC2(CCC(Nc3c([N+](=O)[O-])cnc4c3ccn4S(=O)(=O)c3ccccc3)CC2)N1. The average Bonchev–Trinajstić information content (AvgIpc) is 3.40. The Morgan fingerprint density at radius 2 is 1.88 bits per heavy atom. The molecule has 2 N–H and O–H groups in total. The first kappa shape index (κ1) is 21.4. The molecule has 3 aromatic rings. The minimum atomic E-state index is -3.91. The Labute approximate surface area is 190 Å². The number of anilines is 1. The summed E-state index contributed by atoms with van der Waals surface area (Å²) in [6, 6.07) is 9.48. The van der Waals surface area contributed by atoms with Crippen LogP contribution in [0.3, 0.4) is 0 Å². The molecule has 1 aliphatic heterocycles. The smallest absolute Gasteiger partial charge is 0.311 e. The van der Waals surface area contributed by atoms with Crippen molar-refractivity contribution in [2.75, 3.05) is 5.32 Å². The first-order chi connectivity index (χ1) is 15.8. The maximum Gasteiger partial charge on any atom is 0.311 e. The van der Waals surface area contributed by atoms with Gasteiger partial charge < -0.3 is 10.6 Å². The van der Waals surface area contributed by atoms with Gasteiger partial charge in [-0.05, 0) is 50.3 Å². The number of rotatable bonds is 5. The van der Waals surface area contributed by atoms with E-state index in [0.717, 1.165) is 42.3 Å². The van der Waals surface area contributed by atoms with Crippen LogP contribution in [0.2, 0.25) is 0 Å². The van der Waals surface area contributed by atoms with E-state index >= 15 is 0 Å². The number of nitrogens with zero attached hydrogens (tertiary/aromatic N) is 3. The Hall–Kier alpha value is -3.47. The van der Waals surface area contributed by atoms with Crippen molar-refractivity contribution >= 4 is 38.3 Å². The zero-order valence-electron chi connectivity index (χ0n) is 17.7. The fourth-order valence-corrected chi connectivity index (χ4v) is 6.23. The molecule has 2 aliphatic rings. The summed E-state index contributed by atoms with van der Waals surface area (Å²) in [4.78, 5) is 27.1. The molecule has 1 spiro atoms. The standard InChI is InChI=1S/C22H23N5O5S/c28-19-8-12-22(25-19)10-6-15(7-11-22)24-20-17-9-13-26(21(17)23-14-18(20)27(29)30)33(31,32)16-4-2-1-3-5-16/h1-5,9,13-15H,6-8,10-12H2,(H,23,24)(H,25,28). The van der Waals surface area contributed by atoms with Gasteiger partial charge in [0, 0.05) is 24.2 Å². The molecule has 0 bridgehead atoms. The van der Waals surface area contributed by atoms with Gasteiger partial charge in [-0.3, -0.25) is 14.9 Å². The zero-order chi connectivity index (χ0) is 23.2. The van der Waals surface area contributed by atoms with E-state index in [-0.39, 0.29) is 39.4 Å². The third-order valence-corrected chi connectivity index (χ3v) is 8.36. The number of fused-ring (bicyclic) bond motifs is 1. The van der Waals surface area contributed by atoms with Crippen LogP contribution in [-0.4, -0.2) is 39.8 Å². The lowest BCUT2D eigenvalue weighted by Gasteiger charge is -2.37. The van der Waals surface area contributed by atoms with Gasteiger partial charge in [0.1, 0.15) is 11.9 Å². The Balaban J connectivity index is 1.49. The molecule has 0 atom stereocenters. The first-order valence-electron chi connectivity index (χ1n) is 10.8. The molecule has 1 saturated carbocycles. The Morgan fingerprint density at radius 3 is 2.52 bits per heavy atom. The molecule has 11 heteroatoms. The molecule has 33 heavy (non-hydrogen) atoms. The highest BCUT2D eigenvalue weighted by Crippen LogP contribution is 2.39. The van der Waals surface area contributed by atoms with Crippen LogP contribution in [0.4, 0.5) is 11.4 Å². The fourth-order valence-electron chi connectivity index (χ4n) is 4.91. The first-order valence-corrected chi connectivity index (χ1v) is 12.3. The highest BCUT2D eigenvalue weighted by Gasteiger charge is 2.41. The minimum Gasteiger partial charge on any atom is -0.376 e. The van der Waals surface area contributed by atoms with E-state index in [1.165, 1.54) is 18.3 Å². The Morgan fingerprint density at radius 1 is 1.15 bits per heavy atom. The summed E-state index contributed by atoms with van der Waals surface area (Å²) in [6.45, 7) is 0. The summed E-state index contributed by atoms with van der Waals surface area (Å²) in [5, 5.41) is 18.5. The third-order valence-electron chi connectivity index (χ3n) is 6.68. The molecule has 0 radical (unpaired) electrons. The van der Waals surface area contributed by atoms with Crippen molar-refractivity contribution in [2.24, 2.45) is 0 Å². The number of hydrogen-bond acceptors (Lipinski definition) is 7. The van der Waals surface area contributed by atoms with Gasteiger partial charge in [0.05, 0.1) is 15.2 Å². The number of pyridine rings is 1. The van der Waals surface area contributed by atoms with Crippen molar-refractivity contribution in [1.82, 2.24) is 14.3 Å². The van der Waals surface area contributed by atoms with E-state index in [4.69, 9.17) is 0 Å². The van der Waals surface area contributed by atoms with Crippen molar-refractivity contribution in [3.05, 3.63) is 58.9 Å². The van der Waals surface area contributed by atoms with Crippen LogP contribution in [0.25, 0.3) is 11.0 Å². The largest absolute Gasteiger partial charge is 0.376 e. The quantitative estimate of drug-likeness (QED) is 0.432. The molecular weight excluding hydrogens is 446 g/mol. The van der Waals surface area contributed by atoms with Crippen LogP contribution in [0.1, 0.15) is 38.5 Å². The predicted molar refractivity (Wildman–Crippen MR) is 121 cm³/mol. The lowest BCUT2D eigenvalue weighted by atomic mass is 9.78. The minimum absolute atomic E-state index is 0.0356. The summed E-state index contributed by atoms with van der Waals surface area (Å²) < 4.78 is 27.3. The van der Waals surface area contributed by atoms with E-state index in [1.807, 2.05) is 0 Å². The second kappa shape index (κ2) is 7.84. The summed E-state index contributed by atoms with van der Waals surface area (Å²) in [5.74, 6) is 0.0776. The molecule has 1 saturated heterocycles. The van der Waals surface area contributed by atoms with Crippen LogP contribution in [-0.2, 0) is 14.8 Å². The van der Waals surface area contributed by atoms with Gasteiger partial charge in [0.15, 0.2) is 5.65 Å². The average molecular weight is 470 g/mol. The van der Waals surface area contributed by atoms with Crippen LogP contribution < -0.4 is 10.6 Å². The second-order valence-electron chi connectivity index (χ2n) is 8.69. The topological polar surface area (TPSA) is 136 Å². The molecule has 2 aromatic heterocycles. The molecule has 3 heterocycles. The molecule has 172 valence electrons. The number of nitrogens with one attached hydrogen (secondary N) is 2. The van der Waals surface area contributed by atoms with Gasteiger partial charge in [-0.2, -0.15) is 0 Å². The van der Waals surface area contributed by atoms with Gasteiger partial charge in [-0.1, -0.05) is 18.2 Å². The molecule has 1 amide bonds. The number of amides is 1. The van der Waals surface area contributed by atoms with Crippen molar-refractivity contribution in [2.45, 2.75) is 55.0 Å². The second-order valence-corrected chi connectivity index (χ2v) is 10.5. The van der Waals surface area contributed by atoms with Gasteiger partial charge in [0.25, 0.3) is 10.0 Å². The van der Waals surface area contributed by atoms with E-state index in [2.05, 4.69) is 15.6 Å². The van der Waals surface area contributed by atoms with Crippen molar-refractivity contribution < 1.29 is 18.1 Å². The monoisotopic (exact) mass is 469 g/mol. The molecular formula is C22H23N5O5S. The van der Waals surface area contributed by atoms with Gasteiger partial charge in [-0.15, -0.1) is 0 Å². The van der Waals surface area contributed by atoms with Gasteiger partial charge in [0.2, 0.25) is 5.91 Å². The highest BCUT2D eigenvalue weighted by atomic mass is 32.2. The maximum absolute atomic E-state index is 13.1. The summed E-state index contributed by atoms with van der Waals surface area (Å²) in [6.07, 6.45) is 6.90. The van der Waals surface area contributed by atoms with E-state index in [1.54, 1.807) is 24.3 Å². The van der Waals surface area contributed by atoms with Crippen molar-refractivity contribution in [1.29, 1.82) is 0 Å².